The van der Waals surface area contributed by atoms with Crippen LogP contribution in [-0.4, -0.2) is 36.3 Å². The third-order valence-electron chi connectivity index (χ3n) is 3.15. The van der Waals surface area contributed by atoms with E-state index in [1.54, 1.807) is 0 Å². The standard InChI is InChI=1S/C15H19N5OS/c1-9(12(21)17-15(2,3)4)22-14-19-18-13-16-10-7-5-6-8-11(10)20(13)14/h5-9H,1-4H3,(H,16,18)(H,17,21). The first-order valence-electron chi connectivity index (χ1n) is 7.15. The first-order valence-corrected chi connectivity index (χ1v) is 8.03. The molecule has 0 fully saturated rings. The molecule has 0 saturated heterocycles. The van der Waals surface area contributed by atoms with E-state index in [1.165, 1.54) is 11.8 Å². The molecular weight excluding hydrogens is 298 g/mol. The number of hydrogen-bond acceptors (Lipinski definition) is 4. The SMILES string of the molecule is CC(Sc1n[nH]c2nc3ccccc3n12)C(=O)NC(C)(C)C. The number of aromatic amines is 1. The Hall–Kier alpha value is -2.02. The second-order valence-corrected chi connectivity index (χ2v) is 7.57. The quantitative estimate of drug-likeness (QED) is 0.728. The molecule has 3 rings (SSSR count). The summed E-state index contributed by atoms with van der Waals surface area (Å²) in [6.45, 7) is 7.79. The number of nitrogens with zero attached hydrogens (tertiary/aromatic N) is 3. The highest BCUT2D eigenvalue weighted by Gasteiger charge is 2.22. The molecule has 2 N–H and O–H groups in total. The van der Waals surface area contributed by atoms with E-state index in [4.69, 9.17) is 0 Å². The zero-order valence-electron chi connectivity index (χ0n) is 13.0. The number of para-hydroxylation sites is 2. The smallest absolute Gasteiger partial charge is 0.233 e. The average molecular weight is 317 g/mol. The van der Waals surface area contributed by atoms with Gasteiger partial charge in [0, 0.05) is 5.54 Å². The zero-order valence-corrected chi connectivity index (χ0v) is 13.9. The normalized spacial score (nSPS) is 13.6. The summed E-state index contributed by atoms with van der Waals surface area (Å²) >= 11 is 1.42. The number of benzene rings is 1. The molecule has 116 valence electrons. The lowest BCUT2D eigenvalue weighted by Crippen LogP contribution is -2.44. The predicted octanol–water partition coefficient (Wildman–Crippen LogP) is 2.61. The third-order valence-corrected chi connectivity index (χ3v) is 4.21. The van der Waals surface area contributed by atoms with Crippen LogP contribution in [0.25, 0.3) is 16.8 Å². The third kappa shape index (κ3) is 2.81. The van der Waals surface area contributed by atoms with Crippen LogP contribution in [0.5, 0.6) is 0 Å². The van der Waals surface area contributed by atoms with Crippen molar-refractivity contribution in [2.45, 2.75) is 43.6 Å². The number of thioether (sulfide) groups is 1. The zero-order chi connectivity index (χ0) is 15.9. The lowest BCUT2D eigenvalue weighted by Gasteiger charge is -2.22. The Morgan fingerprint density at radius 2 is 2.09 bits per heavy atom. The Balaban J connectivity index is 1.89. The van der Waals surface area contributed by atoms with Gasteiger partial charge in [-0.2, -0.15) is 0 Å². The molecule has 2 heterocycles. The number of carbonyl (C=O) groups is 1. The van der Waals surface area contributed by atoms with Gasteiger partial charge in [-0.05, 0) is 39.8 Å². The van der Waals surface area contributed by atoms with Gasteiger partial charge in [0.2, 0.25) is 11.7 Å². The van der Waals surface area contributed by atoms with Gasteiger partial charge in [0.05, 0.1) is 16.3 Å². The van der Waals surface area contributed by atoms with Crippen LogP contribution in [0.2, 0.25) is 0 Å². The summed E-state index contributed by atoms with van der Waals surface area (Å²) in [5, 5.41) is 10.7. The molecule has 0 bridgehead atoms. The number of fused-ring (bicyclic) bond motifs is 3. The maximum atomic E-state index is 12.2. The highest BCUT2D eigenvalue weighted by atomic mass is 32.2. The van der Waals surface area contributed by atoms with Crippen LogP contribution in [-0.2, 0) is 4.79 Å². The number of carbonyl (C=O) groups excluding carboxylic acids is 1. The maximum absolute atomic E-state index is 12.2. The van der Waals surface area contributed by atoms with Crippen LogP contribution in [0.1, 0.15) is 27.7 Å². The van der Waals surface area contributed by atoms with E-state index in [1.807, 2.05) is 56.4 Å². The summed E-state index contributed by atoms with van der Waals surface area (Å²) in [5.41, 5.74) is 1.65. The minimum absolute atomic E-state index is 0.00179. The van der Waals surface area contributed by atoms with Crippen LogP contribution in [0, 0.1) is 0 Å². The van der Waals surface area contributed by atoms with Crippen LogP contribution < -0.4 is 5.32 Å². The van der Waals surface area contributed by atoms with E-state index in [9.17, 15) is 4.79 Å². The summed E-state index contributed by atoms with van der Waals surface area (Å²) in [7, 11) is 0. The maximum Gasteiger partial charge on any atom is 0.233 e. The van der Waals surface area contributed by atoms with Crippen molar-refractivity contribution in [1.29, 1.82) is 0 Å². The number of H-pyrrole nitrogens is 1. The fourth-order valence-electron chi connectivity index (χ4n) is 2.20. The molecule has 0 saturated carbocycles. The summed E-state index contributed by atoms with van der Waals surface area (Å²) in [4.78, 5) is 16.7. The molecule has 0 radical (unpaired) electrons. The van der Waals surface area contributed by atoms with Crippen molar-refractivity contribution in [2.75, 3.05) is 0 Å². The highest BCUT2D eigenvalue weighted by Crippen LogP contribution is 2.26. The largest absolute Gasteiger partial charge is 0.351 e. The van der Waals surface area contributed by atoms with Crippen molar-refractivity contribution < 1.29 is 4.79 Å². The number of imidazole rings is 1. The van der Waals surface area contributed by atoms with Gasteiger partial charge < -0.3 is 5.32 Å². The Bertz CT molecular complexity index is 829. The molecule has 0 aliphatic heterocycles. The summed E-state index contributed by atoms with van der Waals surface area (Å²) in [6.07, 6.45) is 0. The van der Waals surface area contributed by atoms with Crippen molar-refractivity contribution in [3.8, 4) is 0 Å². The van der Waals surface area contributed by atoms with Crippen LogP contribution in [0.4, 0.5) is 0 Å². The van der Waals surface area contributed by atoms with Gasteiger partial charge in [-0.15, -0.1) is 5.10 Å². The molecule has 22 heavy (non-hydrogen) atoms. The predicted molar refractivity (Wildman–Crippen MR) is 88.1 cm³/mol. The summed E-state index contributed by atoms with van der Waals surface area (Å²) in [6, 6.07) is 7.87. The molecule has 1 unspecified atom stereocenters. The van der Waals surface area contributed by atoms with Crippen molar-refractivity contribution in [1.82, 2.24) is 24.9 Å². The second-order valence-electron chi connectivity index (χ2n) is 6.27. The minimum atomic E-state index is -0.244. The fraction of sp³-hybridized carbons (Fsp3) is 0.400. The summed E-state index contributed by atoms with van der Waals surface area (Å²) in [5.74, 6) is 0.685. The average Bonchev–Trinajstić information content (AvgIpc) is 2.96. The monoisotopic (exact) mass is 317 g/mol. The molecule has 1 atom stereocenters. The first-order chi connectivity index (χ1) is 10.3. The van der Waals surface area contributed by atoms with Gasteiger partial charge in [0.15, 0.2) is 5.16 Å². The lowest BCUT2D eigenvalue weighted by molar-refractivity contribution is -0.121. The van der Waals surface area contributed by atoms with Gasteiger partial charge in [0.1, 0.15) is 0 Å². The van der Waals surface area contributed by atoms with Crippen molar-refractivity contribution in [2.24, 2.45) is 0 Å². The minimum Gasteiger partial charge on any atom is -0.351 e. The number of nitrogens with one attached hydrogen (secondary N) is 2. The van der Waals surface area contributed by atoms with E-state index in [0.29, 0.717) is 5.78 Å². The number of hydrogen-bond donors (Lipinski definition) is 2. The second kappa shape index (κ2) is 5.31. The number of amides is 1. The van der Waals surface area contributed by atoms with E-state index in [-0.39, 0.29) is 16.7 Å². The fourth-order valence-corrected chi connectivity index (χ4v) is 3.08. The molecule has 1 aromatic carbocycles. The Kier molecular flexibility index (Phi) is 3.60. The van der Waals surface area contributed by atoms with Crippen LogP contribution in [0.3, 0.4) is 0 Å². The van der Waals surface area contributed by atoms with Crippen molar-refractivity contribution in [3.63, 3.8) is 0 Å². The Labute approximate surface area is 132 Å². The van der Waals surface area contributed by atoms with E-state index >= 15 is 0 Å². The van der Waals surface area contributed by atoms with Gasteiger partial charge in [0.25, 0.3) is 0 Å². The molecule has 0 aliphatic carbocycles. The highest BCUT2D eigenvalue weighted by molar-refractivity contribution is 8.00. The molecular formula is C15H19N5OS. The van der Waals surface area contributed by atoms with Gasteiger partial charge >= 0.3 is 0 Å². The van der Waals surface area contributed by atoms with Crippen LogP contribution in [0.15, 0.2) is 29.4 Å². The van der Waals surface area contributed by atoms with E-state index < -0.39 is 0 Å². The number of aromatic nitrogens is 4. The lowest BCUT2D eigenvalue weighted by atomic mass is 10.1. The molecule has 7 heteroatoms. The molecule has 1 amide bonds. The van der Waals surface area contributed by atoms with Gasteiger partial charge in [-0.1, -0.05) is 23.9 Å². The van der Waals surface area contributed by atoms with Crippen molar-refractivity contribution >= 4 is 34.5 Å². The molecule has 2 aromatic heterocycles. The van der Waals surface area contributed by atoms with Gasteiger partial charge in [-0.25, -0.2) is 10.1 Å². The number of rotatable bonds is 3. The Morgan fingerprint density at radius 1 is 1.36 bits per heavy atom. The van der Waals surface area contributed by atoms with Gasteiger partial charge in [-0.3, -0.25) is 9.20 Å². The summed E-state index contributed by atoms with van der Waals surface area (Å²) < 4.78 is 1.95. The van der Waals surface area contributed by atoms with E-state index in [0.717, 1.165) is 16.2 Å². The molecule has 6 nitrogen and oxygen atoms in total. The molecule has 0 spiro atoms. The van der Waals surface area contributed by atoms with Crippen LogP contribution >= 0.6 is 11.8 Å². The molecule has 3 aromatic rings. The van der Waals surface area contributed by atoms with Crippen molar-refractivity contribution in [3.05, 3.63) is 24.3 Å². The first kappa shape index (κ1) is 14.9. The topological polar surface area (TPSA) is 75.1 Å². The Morgan fingerprint density at radius 3 is 2.82 bits per heavy atom. The van der Waals surface area contributed by atoms with E-state index in [2.05, 4.69) is 20.5 Å². The molecule has 0 aliphatic rings.